The number of rotatable bonds is 3. The maximum absolute atomic E-state index is 13.4. The van der Waals surface area contributed by atoms with E-state index in [0.29, 0.717) is 11.1 Å². The maximum Gasteiger partial charge on any atom is 0.145 e. The van der Waals surface area contributed by atoms with E-state index in [9.17, 15) is 9.50 Å². The van der Waals surface area contributed by atoms with Gasteiger partial charge >= 0.3 is 0 Å². The van der Waals surface area contributed by atoms with Gasteiger partial charge in [0, 0.05) is 6.42 Å². The van der Waals surface area contributed by atoms with E-state index in [1.165, 1.54) is 6.07 Å². The molecule has 76 valence electrons. The Balaban J connectivity index is 2.87. The van der Waals surface area contributed by atoms with E-state index in [1.54, 1.807) is 19.1 Å². The molecular weight excluding hydrogens is 203 g/mol. The Morgan fingerprint density at radius 2 is 2.29 bits per heavy atom. The van der Waals surface area contributed by atoms with Gasteiger partial charge in [0.05, 0.1) is 11.1 Å². The lowest BCUT2D eigenvalue weighted by Crippen LogP contribution is -2.12. The predicted octanol–water partition coefficient (Wildman–Crippen LogP) is 2.96. The molecule has 1 aromatic rings. The SMILES string of the molecule is C=C(C)C(O)Cc1cccc(Cl)c1F. The summed E-state index contributed by atoms with van der Waals surface area (Å²) >= 11 is 5.60. The van der Waals surface area contributed by atoms with Crippen LogP contribution in [0.4, 0.5) is 4.39 Å². The highest BCUT2D eigenvalue weighted by atomic mass is 35.5. The van der Waals surface area contributed by atoms with Crippen LogP contribution in [0.5, 0.6) is 0 Å². The third-order valence-corrected chi connectivity index (χ3v) is 2.31. The van der Waals surface area contributed by atoms with Crippen molar-refractivity contribution in [3.8, 4) is 0 Å². The van der Waals surface area contributed by atoms with Crippen molar-refractivity contribution in [2.45, 2.75) is 19.4 Å². The van der Waals surface area contributed by atoms with Crippen molar-refractivity contribution in [2.24, 2.45) is 0 Å². The summed E-state index contributed by atoms with van der Waals surface area (Å²) in [4.78, 5) is 0. The Bertz CT molecular complexity index is 349. The highest BCUT2D eigenvalue weighted by Gasteiger charge is 2.11. The van der Waals surface area contributed by atoms with Crippen LogP contribution in [0.25, 0.3) is 0 Å². The normalized spacial score (nSPS) is 12.6. The van der Waals surface area contributed by atoms with Crippen molar-refractivity contribution >= 4 is 11.6 Å². The number of aliphatic hydroxyl groups excluding tert-OH is 1. The summed E-state index contributed by atoms with van der Waals surface area (Å²) in [6.07, 6.45) is -0.509. The predicted molar refractivity (Wildman–Crippen MR) is 55.9 cm³/mol. The van der Waals surface area contributed by atoms with Gasteiger partial charge in [0.25, 0.3) is 0 Å². The first-order valence-corrected chi connectivity index (χ1v) is 4.66. The Hall–Kier alpha value is -0.860. The van der Waals surface area contributed by atoms with Crippen LogP contribution in [-0.2, 0) is 6.42 Å². The van der Waals surface area contributed by atoms with Crippen molar-refractivity contribution in [3.63, 3.8) is 0 Å². The van der Waals surface area contributed by atoms with Crippen LogP contribution in [0.1, 0.15) is 12.5 Å². The third kappa shape index (κ3) is 2.56. The second-order valence-electron chi connectivity index (χ2n) is 3.28. The van der Waals surface area contributed by atoms with Gasteiger partial charge in [0.2, 0.25) is 0 Å². The van der Waals surface area contributed by atoms with Crippen LogP contribution < -0.4 is 0 Å². The average molecular weight is 215 g/mol. The van der Waals surface area contributed by atoms with Crippen molar-refractivity contribution in [3.05, 3.63) is 46.8 Å². The molecule has 1 rings (SSSR count). The van der Waals surface area contributed by atoms with E-state index >= 15 is 0 Å². The van der Waals surface area contributed by atoms with E-state index in [1.807, 2.05) is 0 Å². The highest BCUT2D eigenvalue weighted by molar-refractivity contribution is 6.30. The summed E-state index contributed by atoms with van der Waals surface area (Å²) < 4.78 is 13.4. The van der Waals surface area contributed by atoms with Crippen LogP contribution in [0.15, 0.2) is 30.4 Å². The first-order valence-electron chi connectivity index (χ1n) is 4.28. The molecule has 1 atom stereocenters. The van der Waals surface area contributed by atoms with Gasteiger partial charge < -0.3 is 5.11 Å². The lowest BCUT2D eigenvalue weighted by atomic mass is 10.0. The van der Waals surface area contributed by atoms with Gasteiger partial charge in [-0.2, -0.15) is 0 Å². The van der Waals surface area contributed by atoms with Crippen LogP contribution in [0.2, 0.25) is 5.02 Å². The fraction of sp³-hybridized carbons (Fsp3) is 0.273. The molecule has 1 N–H and O–H groups in total. The number of hydrogen-bond donors (Lipinski definition) is 1. The van der Waals surface area contributed by atoms with E-state index < -0.39 is 11.9 Å². The smallest absolute Gasteiger partial charge is 0.145 e. The van der Waals surface area contributed by atoms with Crippen LogP contribution >= 0.6 is 11.6 Å². The molecule has 0 heterocycles. The Morgan fingerprint density at radius 3 is 2.86 bits per heavy atom. The zero-order chi connectivity index (χ0) is 10.7. The molecule has 0 radical (unpaired) electrons. The van der Waals surface area contributed by atoms with Crippen molar-refractivity contribution in [1.29, 1.82) is 0 Å². The van der Waals surface area contributed by atoms with Crippen molar-refractivity contribution in [1.82, 2.24) is 0 Å². The molecule has 3 heteroatoms. The van der Waals surface area contributed by atoms with E-state index in [2.05, 4.69) is 6.58 Å². The van der Waals surface area contributed by atoms with Gasteiger partial charge in [-0.15, -0.1) is 0 Å². The second-order valence-corrected chi connectivity index (χ2v) is 3.69. The molecule has 0 aliphatic rings. The number of aliphatic hydroxyl groups is 1. The molecule has 0 spiro atoms. The molecule has 0 amide bonds. The summed E-state index contributed by atoms with van der Waals surface area (Å²) in [6.45, 7) is 5.30. The minimum absolute atomic E-state index is 0.0800. The molecule has 0 aromatic heterocycles. The summed E-state index contributed by atoms with van der Waals surface area (Å²) in [5.74, 6) is -0.463. The quantitative estimate of drug-likeness (QED) is 0.767. The zero-order valence-electron chi connectivity index (χ0n) is 7.93. The average Bonchev–Trinajstić information content (AvgIpc) is 2.12. The third-order valence-electron chi connectivity index (χ3n) is 2.01. The molecule has 1 aromatic carbocycles. The van der Waals surface area contributed by atoms with Crippen LogP contribution in [-0.4, -0.2) is 11.2 Å². The standard InChI is InChI=1S/C11H12ClFO/c1-7(2)10(14)6-8-4-3-5-9(12)11(8)13/h3-5,10,14H,1,6H2,2H3. The topological polar surface area (TPSA) is 20.2 Å². The van der Waals surface area contributed by atoms with Gasteiger partial charge in [-0.1, -0.05) is 35.9 Å². The molecule has 1 unspecified atom stereocenters. The van der Waals surface area contributed by atoms with E-state index in [0.717, 1.165) is 0 Å². The zero-order valence-corrected chi connectivity index (χ0v) is 8.68. The van der Waals surface area contributed by atoms with Gasteiger partial charge in [0.15, 0.2) is 0 Å². The minimum Gasteiger partial charge on any atom is -0.388 e. The highest BCUT2D eigenvalue weighted by Crippen LogP contribution is 2.20. The lowest BCUT2D eigenvalue weighted by molar-refractivity contribution is 0.210. The maximum atomic E-state index is 13.4. The molecule has 1 nitrogen and oxygen atoms in total. The monoisotopic (exact) mass is 214 g/mol. The van der Waals surface area contributed by atoms with Crippen molar-refractivity contribution in [2.75, 3.05) is 0 Å². The Morgan fingerprint density at radius 1 is 1.64 bits per heavy atom. The number of halogens is 2. The lowest BCUT2D eigenvalue weighted by Gasteiger charge is -2.11. The molecule has 0 fully saturated rings. The summed E-state index contributed by atoms with van der Waals surface area (Å²) in [7, 11) is 0. The van der Waals surface area contributed by atoms with E-state index in [-0.39, 0.29) is 11.4 Å². The first-order chi connectivity index (χ1) is 6.52. The number of benzene rings is 1. The largest absolute Gasteiger partial charge is 0.388 e. The van der Waals surface area contributed by atoms with Crippen molar-refractivity contribution < 1.29 is 9.50 Å². The Kier molecular flexibility index (Phi) is 3.67. The fourth-order valence-electron chi connectivity index (χ4n) is 1.09. The van der Waals surface area contributed by atoms with Gasteiger partial charge in [0.1, 0.15) is 5.82 Å². The van der Waals surface area contributed by atoms with Crippen LogP contribution in [0.3, 0.4) is 0 Å². The van der Waals surface area contributed by atoms with Gasteiger partial charge in [-0.05, 0) is 18.6 Å². The fourth-order valence-corrected chi connectivity index (χ4v) is 1.28. The molecule has 0 saturated carbocycles. The minimum atomic E-state index is -0.719. The van der Waals surface area contributed by atoms with Gasteiger partial charge in [-0.3, -0.25) is 0 Å². The molecule has 0 aliphatic heterocycles. The van der Waals surface area contributed by atoms with Gasteiger partial charge in [-0.25, -0.2) is 4.39 Å². The van der Waals surface area contributed by atoms with Crippen LogP contribution in [0, 0.1) is 5.82 Å². The molecule has 0 bridgehead atoms. The summed E-state index contributed by atoms with van der Waals surface area (Å²) in [5.41, 5.74) is 1.03. The summed E-state index contributed by atoms with van der Waals surface area (Å²) in [6, 6.07) is 4.74. The number of hydrogen-bond acceptors (Lipinski definition) is 1. The molecular formula is C11H12ClFO. The molecule has 14 heavy (non-hydrogen) atoms. The van der Waals surface area contributed by atoms with E-state index in [4.69, 9.17) is 11.6 Å². The molecule has 0 aliphatic carbocycles. The molecule has 0 saturated heterocycles. The first kappa shape index (κ1) is 11.2. The summed E-state index contributed by atoms with van der Waals surface area (Å²) in [5, 5.41) is 9.57. The second kappa shape index (κ2) is 4.58. The Labute approximate surface area is 87.8 Å².